The third kappa shape index (κ3) is 2.99. The Balaban J connectivity index is 1.73. The van der Waals surface area contributed by atoms with Crippen LogP contribution >= 0.6 is 0 Å². The van der Waals surface area contributed by atoms with E-state index in [4.69, 9.17) is 0 Å². The summed E-state index contributed by atoms with van der Waals surface area (Å²) in [5.74, 6) is -2.05. The van der Waals surface area contributed by atoms with Crippen molar-refractivity contribution < 1.29 is 19.1 Å². The molecule has 2 atom stereocenters. The number of aryl methyl sites for hydroxylation is 1. The van der Waals surface area contributed by atoms with Crippen LogP contribution in [0.5, 0.6) is 0 Å². The van der Waals surface area contributed by atoms with Gasteiger partial charge in [0.2, 0.25) is 0 Å². The molecule has 2 aliphatic rings. The van der Waals surface area contributed by atoms with Gasteiger partial charge in [0.25, 0.3) is 5.91 Å². The van der Waals surface area contributed by atoms with Crippen molar-refractivity contribution in [3.05, 3.63) is 46.5 Å². The number of halogens is 1. The van der Waals surface area contributed by atoms with Crippen molar-refractivity contribution in [3.63, 3.8) is 0 Å². The van der Waals surface area contributed by atoms with Crippen molar-refractivity contribution in [1.82, 2.24) is 14.7 Å². The Morgan fingerprint density at radius 2 is 2.04 bits per heavy atom. The topological polar surface area (TPSA) is 75.4 Å². The standard InChI is InChI=1S/C21H24FN3O3/c1-12-8-9-18(16(22)11-12)25-17-7-3-5-15(17)19(23-25)20(26)24-10-4-6-14(13(24)2)21(27)28/h8-9,11,13-14H,3-7,10H2,1-2H3,(H,27,28)/t13-,14-/m1/s1. The van der Waals surface area contributed by atoms with Crippen molar-refractivity contribution in [2.24, 2.45) is 5.92 Å². The second-order valence-electron chi connectivity index (χ2n) is 7.82. The highest BCUT2D eigenvalue weighted by atomic mass is 19.1. The Bertz CT molecular complexity index is 953. The van der Waals surface area contributed by atoms with Crippen LogP contribution in [0.1, 0.15) is 53.5 Å². The highest BCUT2D eigenvalue weighted by Crippen LogP contribution is 2.32. The molecule has 1 amide bonds. The highest BCUT2D eigenvalue weighted by molar-refractivity contribution is 5.95. The van der Waals surface area contributed by atoms with E-state index in [1.807, 2.05) is 13.0 Å². The van der Waals surface area contributed by atoms with Crippen LogP contribution in [0.4, 0.5) is 4.39 Å². The maximum absolute atomic E-state index is 14.6. The van der Waals surface area contributed by atoms with Crippen molar-refractivity contribution >= 4 is 11.9 Å². The second-order valence-corrected chi connectivity index (χ2v) is 7.82. The van der Waals surface area contributed by atoms with Gasteiger partial charge in [0, 0.05) is 23.8 Å². The number of benzene rings is 1. The lowest BCUT2D eigenvalue weighted by Gasteiger charge is -2.37. The fourth-order valence-corrected chi connectivity index (χ4v) is 4.49. The van der Waals surface area contributed by atoms with Crippen molar-refractivity contribution in [1.29, 1.82) is 0 Å². The fraction of sp³-hybridized carbons (Fsp3) is 0.476. The third-order valence-corrected chi connectivity index (χ3v) is 6.03. The Labute approximate surface area is 163 Å². The lowest BCUT2D eigenvalue weighted by Crippen LogP contribution is -2.49. The minimum atomic E-state index is -0.873. The number of hydrogen-bond acceptors (Lipinski definition) is 3. The van der Waals surface area contributed by atoms with Crippen molar-refractivity contribution in [2.75, 3.05) is 6.54 Å². The predicted molar refractivity (Wildman–Crippen MR) is 101 cm³/mol. The number of carbonyl (C=O) groups excluding carboxylic acids is 1. The van der Waals surface area contributed by atoms with E-state index in [0.717, 1.165) is 36.1 Å². The molecule has 148 valence electrons. The second kappa shape index (κ2) is 7.04. The number of rotatable bonds is 3. The molecular weight excluding hydrogens is 361 g/mol. The van der Waals surface area contributed by atoms with Crippen LogP contribution in [-0.4, -0.2) is 44.3 Å². The molecule has 2 heterocycles. The minimum absolute atomic E-state index is 0.247. The normalized spacial score (nSPS) is 21.6. The molecule has 1 fully saturated rings. The monoisotopic (exact) mass is 385 g/mol. The summed E-state index contributed by atoms with van der Waals surface area (Å²) >= 11 is 0. The van der Waals surface area contributed by atoms with E-state index in [1.54, 1.807) is 22.6 Å². The first kappa shape index (κ1) is 18.7. The molecule has 1 aromatic heterocycles. The highest BCUT2D eigenvalue weighted by Gasteiger charge is 2.38. The van der Waals surface area contributed by atoms with Gasteiger partial charge >= 0.3 is 5.97 Å². The molecule has 0 bridgehead atoms. The quantitative estimate of drug-likeness (QED) is 0.881. The van der Waals surface area contributed by atoms with E-state index in [2.05, 4.69) is 5.10 Å². The molecule has 28 heavy (non-hydrogen) atoms. The summed E-state index contributed by atoms with van der Waals surface area (Å²) in [7, 11) is 0. The Morgan fingerprint density at radius 1 is 1.25 bits per heavy atom. The molecule has 0 radical (unpaired) electrons. The molecule has 1 aliphatic carbocycles. The van der Waals surface area contributed by atoms with Crippen LogP contribution in [0, 0.1) is 18.7 Å². The molecule has 6 nitrogen and oxygen atoms in total. The maximum Gasteiger partial charge on any atom is 0.308 e. The predicted octanol–water partition coefficient (Wildman–Crippen LogP) is 3.13. The van der Waals surface area contributed by atoms with E-state index in [9.17, 15) is 19.1 Å². The Hall–Kier alpha value is -2.70. The van der Waals surface area contributed by atoms with Gasteiger partial charge < -0.3 is 10.0 Å². The van der Waals surface area contributed by atoms with Crippen molar-refractivity contribution in [2.45, 2.75) is 52.0 Å². The zero-order valence-corrected chi connectivity index (χ0v) is 16.1. The van der Waals surface area contributed by atoms with Gasteiger partial charge in [-0.15, -0.1) is 0 Å². The van der Waals surface area contributed by atoms with E-state index < -0.39 is 17.9 Å². The molecule has 0 unspecified atom stereocenters. The Morgan fingerprint density at radius 3 is 2.75 bits per heavy atom. The van der Waals surface area contributed by atoms with E-state index in [1.165, 1.54) is 6.07 Å². The first-order chi connectivity index (χ1) is 13.4. The first-order valence-corrected chi connectivity index (χ1v) is 9.79. The van der Waals surface area contributed by atoms with E-state index >= 15 is 0 Å². The molecule has 1 saturated heterocycles. The van der Waals surface area contributed by atoms with E-state index in [0.29, 0.717) is 30.8 Å². The molecule has 0 saturated carbocycles. The molecule has 1 aliphatic heterocycles. The van der Waals surface area contributed by atoms with Gasteiger partial charge in [-0.1, -0.05) is 6.07 Å². The lowest BCUT2D eigenvalue weighted by molar-refractivity contribution is -0.144. The summed E-state index contributed by atoms with van der Waals surface area (Å²) in [5, 5.41) is 14.0. The maximum atomic E-state index is 14.6. The summed E-state index contributed by atoms with van der Waals surface area (Å²) in [4.78, 5) is 26.4. The largest absolute Gasteiger partial charge is 0.481 e. The number of piperidine rings is 1. The lowest BCUT2D eigenvalue weighted by atomic mass is 9.90. The van der Waals surface area contributed by atoms with Gasteiger partial charge in [0.05, 0.1) is 5.92 Å². The number of nitrogens with zero attached hydrogens (tertiary/aromatic N) is 3. The number of fused-ring (bicyclic) bond motifs is 1. The van der Waals surface area contributed by atoms with Crippen LogP contribution in [0.3, 0.4) is 0 Å². The molecule has 4 rings (SSSR count). The van der Waals surface area contributed by atoms with Gasteiger partial charge in [-0.25, -0.2) is 9.07 Å². The van der Waals surface area contributed by atoms with Gasteiger partial charge in [-0.3, -0.25) is 9.59 Å². The molecular formula is C21H24FN3O3. The molecule has 1 N–H and O–H groups in total. The Kier molecular flexibility index (Phi) is 4.69. The van der Waals surface area contributed by atoms with Gasteiger partial charge in [0.1, 0.15) is 11.5 Å². The summed E-state index contributed by atoms with van der Waals surface area (Å²) in [6.07, 6.45) is 3.60. The van der Waals surface area contributed by atoms with Crippen LogP contribution in [0.2, 0.25) is 0 Å². The smallest absolute Gasteiger partial charge is 0.308 e. The van der Waals surface area contributed by atoms with Crippen LogP contribution in [0.25, 0.3) is 5.69 Å². The van der Waals surface area contributed by atoms with Crippen LogP contribution in [-0.2, 0) is 17.6 Å². The molecule has 7 heteroatoms. The third-order valence-electron chi connectivity index (χ3n) is 6.03. The van der Waals surface area contributed by atoms with E-state index in [-0.39, 0.29) is 11.7 Å². The summed E-state index contributed by atoms with van der Waals surface area (Å²) < 4.78 is 16.1. The number of carbonyl (C=O) groups is 2. The number of amides is 1. The average Bonchev–Trinajstić information content (AvgIpc) is 3.24. The SMILES string of the molecule is Cc1ccc(-n2nc(C(=O)N3CCC[C@@H](C(=O)O)[C@H]3C)c3c2CCC3)c(F)c1. The number of aliphatic carboxylic acids is 1. The minimum Gasteiger partial charge on any atom is -0.481 e. The van der Waals surface area contributed by atoms with Gasteiger partial charge in [0.15, 0.2) is 5.69 Å². The zero-order valence-electron chi connectivity index (χ0n) is 16.1. The summed E-state index contributed by atoms with van der Waals surface area (Å²) in [6, 6.07) is 4.59. The number of likely N-dealkylation sites (tertiary alicyclic amines) is 1. The van der Waals surface area contributed by atoms with Gasteiger partial charge in [-0.2, -0.15) is 5.10 Å². The summed E-state index contributed by atoms with van der Waals surface area (Å²) in [6.45, 7) is 4.13. The van der Waals surface area contributed by atoms with Crippen LogP contribution in [0.15, 0.2) is 18.2 Å². The zero-order chi connectivity index (χ0) is 20.0. The molecule has 2 aromatic rings. The fourth-order valence-electron chi connectivity index (χ4n) is 4.49. The molecule has 0 spiro atoms. The van der Waals surface area contributed by atoms with Crippen LogP contribution < -0.4 is 0 Å². The average molecular weight is 385 g/mol. The number of hydrogen-bond donors (Lipinski definition) is 1. The van der Waals surface area contributed by atoms with Crippen molar-refractivity contribution in [3.8, 4) is 5.69 Å². The first-order valence-electron chi connectivity index (χ1n) is 9.79. The number of carboxylic acids is 1. The summed E-state index contributed by atoms with van der Waals surface area (Å²) in [5.41, 5.74) is 3.26. The number of aromatic nitrogens is 2. The van der Waals surface area contributed by atoms with Gasteiger partial charge in [-0.05, 0) is 63.6 Å². The number of carboxylic acid groups (broad SMARTS) is 1. The molecule has 1 aromatic carbocycles.